The second-order valence-corrected chi connectivity index (χ2v) is 6.59. The zero-order chi connectivity index (χ0) is 13.9. The second-order valence-electron chi connectivity index (χ2n) is 6.59. The third-order valence-corrected chi connectivity index (χ3v) is 5.12. The number of benzene rings is 1. The molecule has 110 valence electrons. The molecule has 1 aromatic carbocycles. The summed E-state index contributed by atoms with van der Waals surface area (Å²) in [5.74, 6) is 2.67. The minimum absolute atomic E-state index is 0.538. The monoisotopic (exact) mass is 273 g/mol. The van der Waals surface area contributed by atoms with Crippen LogP contribution in [0.15, 0.2) is 24.3 Å². The van der Waals surface area contributed by atoms with E-state index in [1.165, 1.54) is 44.1 Å². The number of methoxy groups -OCH3 is 1. The van der Waals surface area contributed by atoms with E-state index in [4.69, 9.17) is 4.74 Å². The van der Waals surface area contributed by atoms with Gasteiger partial charge in [-0.3, -0.25) is 0 Å². The molecule has 2 aliphatic rings. The molecule has 2 aliphatic carbocycles. The maximum Gasteiger partial charge on any atom is 0.118 e. The van der Waals surface area contributed by atoms with Crippen LogP contribution in [0.1, 0.15) is 57.1 Å². The van der Waals surface area contributed by atoms with Crippen molar-refractivity contribution < 1.29 is 4.74 Å². The van der Waals surface area contributed by atoms with Gasteiger partial charge in [0.15, 0.2) is 0 Å². The van der Waals surface area contributed by atoms with E-state index >= 15 is 0 Å². The van der Waals surface area contributed by atoms with Crippen molar-refractivity contribution in [2.75, 3.05) is 7.11 Å². The smallest absolute Gasteiger partial charge is 0.118 e. The number of hydrogen-bond acceptors (Lipinski definition) is 2. The van der Waals surface area contributed by atoms with E-state index in [9.17, 15) is 0 Å². The van der Waals surface area contributed by atoms with Crippen LogP contribution in [0, 0.1) is 11.8 Å². The zero-order valence-corrected chi connectivity index (χ0v) is 12.8. The van der Waals surface area contributed by atoms with Gasteiger partial charge in [0, 0.05) is 12.1 Å². The lowest BCUT2D eigenvalue weighted by atomic mass is 9.95. The Morgan fingerprint density at radius 2 is 1.65 bits per heavy atom. The average Bonchev–Trinajstić information content (AvgIpc) is 3.17. The molecule has 0 aliphatic heterocycles. The van der Waals surface area contributed by atoms with Gasteiger partial charge in [-0.2, -0.15) is 0 Å². The van der Waals surface area contributed by atoms with Crippen LogP contribution >= 0.6 is 0 Å². The summed E-state index contributed by atoms with van der Waals surface area (Å²) in [7, 11) is 1.73. The Labute approximate surface area is 122 Å². The summed E-state index contributed by atoms with van der Waals surface area (Å²) in [5.41, 5.74) is 1.43. The van der Waals surface area contributed by atoms with Crippen LogP contribution in [0.4, 0.5) is 0 Å². The normalized spacial score (nSPS) is 22.7. The average molecular weight is 273 g/mol. The first-order chi connectivity index (χ1) is 9.78. The number of rotatable bonds is 6. The van der Waals surface area contributed by atoms with Crippen molar-refractivity contribution in [1.29, 1.82) is 0 Å². The minimum Gasteiger partial charge on any atom is -0.497 e. The van der Waals surface area contributed by atoms with Gasteiger partial charge in [-0.25, -0.2) is 0 Å². The lowest BCUT2D eigenvalue weighted by Gasteiger charge is -2.27. The van der Waals surface area contributed by atoms with E-state index in [-0.39, 0.29) is 0 Å². The van der Waals surface area contributed by atoms with Gasteiger partial charge in [0.1, 0.15) is 5.75 Å². The quantitative estimate of drug-likeness (QED) is 0.833. The van der Waals surface area contributed by atoms with E-state index in [1.54, 1.807) is 7.11 Å². The van der Waals surface area contributed by atoms with Crippen molar-refractivity contribution in [2.45, 2.75) is 57.5 Å². The van der Waals surface area contributed by atoms with Gasteiger partial charge in [0.05, 0.1) is 7.11 Å². The van der Waals surface area contributed by atoms with Gasteiger partial charge in [-0.1, -0.05) is 25.0 Å². The van der Waals surface area contributed by atoms with Crippen molar-refractivity contribution in [3.63, 3.8) is 0 Å². The molecule has 0 aromatic heterocycles. The summed E-state index contributed by atoms with van der Waals surface area (Å²) in [6.07, 6.45) is 8.42. The molecule has 0 saturated heterocycles. The predicted molar refractivity (Wildman–Crippen MR) is 83.0 cm³/mol. The van der Waals surface area contributed by atoms with Gasteiger partial charge < -0.3 is 10.1 Å². The molecule has 0 radical (unpaired) electrons. The van der Waals surface area contributed by atoms with E-state index < -0.39 is 0 Å². The largest absolute Gasteiger partial charge is 0.497 e. The van der Waals surface area contributed by atoms with E-state index in [2.05, 4.69) is 36.5 Å². The van der Waals surface area contributed by atoms with Gasteiger partial charge in [-0.15, -0.1) is 0 Å². The molecular formula is C18H27NO. The summed E-state index contributed by atoms with van der Waals surface area (Å²) in [5, 5.41) is 3.93. The lowest BCUT2D eigenvalue weighted by molar-refractivity contribution is 0.326. The van der Waals surface area contributed by atoms with Gasteiger partial charge >= 0.3 is 0 Å². The third-order valence-electron chi connectivity index (χ3n) is 5.12. The fourth-order valence-electron chi connectivity index (χ4n) is 3.62. The van der Waals surface area contributed by atoms with Crippen molar-refractivity contribution in [3.8, 4) is 5.75 Å². The van der Waals surface area contributed by atoms with Crippen LogP contribution in [-0.2, 0) is 0 Å². The summed E-state index contributed by atoms with van der Waals surface area (Å²) in [6.45, 7) is 2.38. The molecule has 0 bridgehead atoms. The van der Waals surface area contributed by atoms with Gasteiger partial charge in [-0.05, 0) is 62.1 Å². The van der Waals surface area contributed by atoms with Crippen molar-refractivity contribution in [1.82, 2.24) is 5.32 Å². The van der Waals surface area contributed by atoms with Crippen LogP contribution in [0.25, 0.3) is 0 Å². The maximum absolute atomic E-state index is 5.27. The Morgan fingerprint density at radius 1 is 1.00 bits per heavy atom. The molecule has 0 heterocycles. The molecule has 1 unspecified atom stereocenters. The molecule has 20 heavy (non-hydrogen) atoms. The fraction of sp³-hybridized carbons (Fsp3) is 0.667. The van der Waals surface area contributed by atoms with Crippen LogP contribution in [-0.4, -0.2) is 13.2 Å². The molecule has 3 rings (SSSR count). The molecule has 2 fully saturated rings. The van der Waals surface area contributed by atoms with Crippen LogP contribution in [0.5, 0.6) is 5.75 Å². The Bertz CT molecular complexity index is 418. The molecule has 0 spiro atoms. The first-order valence-corrected chi connectivity index (χ1v) is 8.18. The first-order valence-electron chi connectivity index (χ1n) is 8.18. The molecule has 2 atom stereocenters. The summed E-state index contributed by atoms with van der Waals surface area (Å²) in [6, 6.07) is 9.83. The fourth-order valence-corrected chi connectivity index (χ4v) is 3.62. The van der Waals surface area contributed by atoms with Crippen LogP contribution < -0.4 is 10.1 Å². The standard InChI is InChI=1S/C18H27NO/c1-13(14-5-3-4-6-14)19-18(15-7-8-15)16-9-11-17(20-2)12-10-16/h9-15,18-19H,3-8H2,1-2H3/t13-,18?/m1/s1. The Morgan fingerprint density at radius 3 is 2.20 bits per heavy atom. The third kappa shape index (κ3) is 3.17. The molecule has 1 N–H and O–H groups in total. The van der Waals surface area contributed by atoms with Crippen LogP contribution in [0.3, 0.4) is 0 Å². The number of ether oxygens (including phenoxy) is 1. The molecule has 2 heteroatoms. The highest BCUT2D eigenvalue weighted by Crippen LogP contribution is 2.42. The molecular weight excluding hydrogens is 246 g/mol. The highest BCUT2D eigenvalue weighted by molar-refractivity contribution is 5.30. The van der Waals surface area contributed by atoms with Gasteiger partial charge in [0.2, 0.25) is 0 Å². The van der Waals surface area contributed by atoms with E-state index in [1.807, 2.05) is 0 Å². The predicted octanol–water partition coefficient (Wildman–Crippen LogP) is 4.31. The molecule has 1 aromatic rings. The highest BCUT2D eigenvalue weighted by Gasteiger charge is 2.34. The summed E-state index contributed by atoms with van der Waals surface area (Å²) < 4.78 is 5.27. The van der Waals surface area contributed by atoms with Crippen molar-refractivity contribution in [3.05, 3.63) is 29.8 Å². The first kappa shape index (κ1) is 13.9. The summed E-state index contributed by atoms with van der Waals surface area (Å²) >= 11 is 0. The topological polar surface area (TPSA) is 21.3 Å². The lowest BCUT2D eigenvalue weighted by Crippen LogP contribution is -2.36. The summed E-state index contributed by atoms with van der Waals surface area (Å²) in [4.78, 5) is 0. The van der Waals surface area contributed by atoms with E-state index in [0.29, 0.717) is 12.1 Å². The second kappa shape index (κ2) is 6.17. The number of nitrogens with one attached hydrogen (secondary N) is 1. The zero-order valence-electron chi connectivity index (χ0n) is 12.8. The Kier molecular flexibility index (Phi) is 4.30. The van der Waals surface area contributed by atoms with E-state index in [0.717, 1.165) is 17.6 Å². The SMILES string of the molecule is COc1ccc(C(N[C@H](C)C2CCCC2)C2CC2)cc1. The Balaban J connectivity index is 1.68. The highest BCUT2D eigenvalue weighted by atomic mass is 16.5. The molecule has 2 nitrogen and oxygen atoms in total. The van der Waals surface area contributed by atoms with Crippen LogP contribution in [0.2, 0.25) is 0 Å². The van der Waals surface area contributed by atoms with Crippen molar-refractivity contribution in [2.24, 2.45) is 11.8 Å². The van der Waals surface area contributed by atoms with Gasteiger partial charge in [0.25, 0.3) is 0 Å². The Hall–Kier alpha value is -1.02. The molecule has 2 saturated carbocycles. The molecule has 0 amide bonds. The number of hydrogen-bond donors (Lipinski definition) is 1. The van der Waals surface area contributed by atoms with Crippen molar-refractivity contribution >= 4 is 0 Å². The maximum atomic E-state index is 5.27. The minimum atomic E-state index is 0.538.